The van der Waals surface area contributed by atoms with Crippen LogP contribution in [0.2, 0.25) is 0 Å². The van der Waals surface area contributed by atoms with Gasteiger partial charge in [0.05, 0.1) is 17.5 Å². The monoisotopic (exact) mass is 255 g/mol. The zero-order chi connectivity index (χ0) is 13.2. The van der Waals surface area contributed by atoms with E-state index in [0.29, 0.717) is 6.61 Å². The number of Topliss-reactive ketones (excluding diaryl/α,β-unsaturated/α-hetero) is 1. The number of rotatable bonds is 3. The van der Waals surface area contributed by atoms with E-state index in [-0.39, 0.29) is 17.8 Å². The van der Waals surface area contributed by atoms with Crippen molar-refractivity contribution in [2.24, 2.45) is 5.92 Å². The highest BCUT2D eigenvalue weighted by molar-refractivity contribution is 6.01. The Morgan fingerprint density at radius 3 is 3.16 bits per heavy atom. The summed E-state index contributed by atoms with van der Waals surface area (Å²) < 4.78 is 5.61. The van der Waals surface area contributed by atoms with Gasteiger partial charge in [-0.25, -0.2) is 0 Å². The minimum Gasteiger partial charge on any atom is -0.377 e. The summed E-state index contributed by atoms with van der Waals surface area (Å²) in [5.74, 6) is 0.217. The van der Waals surface area contributed by atoms with Gasteiger partial charge in [-0.3, -0.25) is 9.78 Å². The van der Waals surface area contributed by atoms with Gasteiger partial charge in [-0.1, -0.05) is 13.0 Å². The Morgan fingerprint density at radius 1 is 1.42 bits per heavy atom. The summed E-state index contributed by atoms with van der Waals surface area (Å²) in [6.45, 7) is 2.77. The van der Waals surface area contributed by atoms with Crippen molar-refractivity contribution in [2.75, 3.05) is 6.61 Å². The number of pyridine rings is 1. The highest BCUT2D eigenvalue weighted by atomic mass is 16.5. The van der Waals surface area contributed by atoms with Crippen LogP contribution in [0.15, 0.2) is 36.5 Å². The molecule has 0 bridgehead atoms. The van der Waals surface area contributed by atoms with Crippen LogP contribution in [0.25, 0.3) is 10.9 Å². The summed E-state index contributed by atoms with van der Waals surface area (Å²) in [6.07, 6.45) is 3.58. The molecule has 0 aliphatic carbocycles. The minimum atomic E-state index is 0.0131. The lowest BCUT2D eigenvalue weighted by molar-refractivity contribution is 0.0689. The van der Waals surface area contributed by atoms with Crippen LogP contribution in [0.5, 0.6) is 0 Å². The SMILES string of the molecule is CCC1OCCC1C(=O)c1ccc2ncccc2c1. The largest absolute Gasteiger partial charge is 0.377 e. The number of fused-ring (bicyclic) bond motifs is 1. The molecular formula is C16H17NO2. The molecular weight excluding hydrogens is 238 g/mol. The summed E-state index contributed by atoms with van der Waals surface area (Å²) >= 11 is 0. The predicted octanol–water partition coefficient (Wildman–Crippen LogP) is 3.23. The Kier molecular flexibility index (Phi) is 3.30. The molecule has 2 heterocycles. The first-order chi connectivity index (χ1) is 9.29. The molecule has 0 spiro atoms. The van der Waals surface area contributed by atoms with E-state index in [9.17, 15) is 4.79 Å². The fourth-order valence-corrected chi connectivity index (χ4v) is 2.79. The van der Waals surface area contributed by atoms with Crippen LogP contribution in [0.3, 0.4) is 0 Å². The van der Waals surface area contributed by atoms with Crippen molar-refractivity contribution in [2.45, 2.75) is 25.9 Å². The van der Waals surface area contributed by atoms with E-state index in [4.69, 9.17) is 4.74 Å². The van der Waals surface area contributed by atoms with Crippen molar-refractivity contribution >= 4 is 16.7 Å². The third-order valence-electron chi connectivity index (χ3n) is 3.84. The average Bonchev–Trinajstić information content (AvgIpc) is 2.94. The molecule has 0 amide bonds. The third-order valence-corrected chi connectivity index (χ3v) is 3.84. The number of aromatic nitrogens is 1. The van der Waals surface area contributed by atoms with Crippen LogP contribution in [0.4, 0.5) is 0 Å². The van der Waals surface area contributed by atoms with Crippen LogP contribution in [0.1, 0.15) is 30.1 Å². The number of hydrogen-bond donors (Lipinski definition) is 0. The van der Waals surface area contributed by atoms with Gasteiger partial charge in [0.15, 0.2) is 5.78 Å². The molecule has 1 saturated heterocycles. The number of carbonyl (C=O) groups excluding carboxylic acids is 1. The molecule has 0 saturated carbocycles. The standard InChI is InChI=1S/C16H17NO2/c1-2-15-13(7-9-19-15)16(18)12-5-6-14-11(10-12)4-3-8-17-14/h3-6,8,10,13,15H,2,7,9H2,1H3. The van der Waals surface area contributed by atoms with E-state index >= 15 is 0 Å². The van der Waals surface area contributed by atoms with Crippen LogP contribution in [-0.4, -0.2) is 23.5 Å². The van der Waals surface area contributed by atoms with Crippen molar-refractivity contribution in [3.63, 3.8) is 0 Å². The van der Waals surface area contributed by atoms with Crippen molar-refractivity contribution in [3.05, 3.63) is 42.1 Å². The minimum absolute atomic E-state index is 0.0131. The van der Waals surface area contributed by atoms with E-state index in [1.165, 1.54) is 0 Å². The maximum atomic E-state index is 12.6. The average molecular weight is 255 g/mol. The molecule has 1 aromatic heterocycles. The highest BCUT2D eigenvalue weighted by Gasteiger charge is 2.33. The molecule has 3 heteroatoms. The van der Waals surface area contributed by atoms with E-state index < -0.39 is 0 Å². The normalized spacial score (nSPS) is 22.8. The summed E-state index contributed by atoms with van der Waals surface area (Å²) in [5, 5.41) is 1.01. The maximum absolute atomic E-state index is 12.6. The summed E-state index contributed by atoms with van der Waals surface area (Å²) in [6, 6.07) is 9.61. The van der Waals surface area contributed by atoms with E-state index in [1.807, 2.05) is 30.3 Å². The second kappa shape index (κ2) is 5.10. The molecule has 1 fully saturated rings. The molecule has 1 aliphatic rings. The van der Waals surface area contributed by atoms with Gasteiger partial charge in [0.25, 0.3) is 0 Å². The Hall–Kier alpha value is -1.74. The number of benzene rings is 1. The Balaban J connectivity index is 1.93. The topological polar surface area (TPSA) is 39.2 Å². The number of carbonyl (C=O) groups is 1. The second-order valence-corrected chi connectivity index (χ2v) is 4.99. The molecule has 98 valence electrons. The lowest BCUT2D eigenvalue weighted by Gasteiger charge is -2.15. The third kappa shape index (κ3) is 2.26. The summed E-state index contributed by atoms with van der Waals surface area (Å²) in [5.41, 5.74) is 1.70. The zero-order valence-electron chi connectivity index (χ0n) is 11.0. The molecule has 0 N–H and O–H groups in total. The van der Waals surface area contributed by atoms with Crippen LogP contribution in [0, 0.1) is 5.92 Å². The smallest absolute Gasteiger partial charge is 0.168 e. The van der Waals surface area contributed by atoms with E-state index in [2.05, 4.69) is 11.9 Å². The molecule has 1 aromatic carbocycles. The van der Waals surface area contributed by atoms with Crippen LogP contribution >= 0.6 is 0 Å². The Bertz CT molecular complexity index is 608. The zero-order valence-corrected chi connectivity index (χ0v) is 11.0. The molecule has 3 rings (SSSR count). The quantitative estimate of drug-likeness (QED) is 0.790. The number of hydrogen-bond acceptors (Lipinski definition) is 3. The molecule has 3 nitrogen and oxygen atoms in total. The molecule has 2 unspecified atom stereocenters. The molecule has 2 aromatic rings. The number of nitrogens with zero attached hydrogens (tertiary/aromatic N) is 1. The first-order valence-corrected chi connectivity index (χ1v) is 6.80. The lowest BCUT2D eigenvalue weighted by Crippen LogP contribution is -2.23. The first-order valence-electron chi connectivity index (χ1n) is 6.80. The van der Waals surface area contributed by atoms with Gasteiger partial charge < -0.3 is 4.74 Å². The van der Waals surface area contributed by atoms with Gasteiger partial charge in [-0.15, -0.1) is 0 Å². The predicted molar refractivity (Wildman–Crippen MR) is 74.2 cm³/mol. The van der Waals surface area contributed by atoms with Crippen LogP contribution in [-0.2, 0) is 4.74 Å². The van der Waals surface area contributed by atoms with Gasteiger partial charge in [0, 0.05) is 23.8 Å². The van der Waals surface area contributed by atoms with E-state index in [1.54, 1.807) is 6.20 Å². The molecule has 19 heavy (non-hydrogen) atoms. The second-order valence-electron chi connectivity index (χ2n) is 4.99. The molecule has 0 radical (unpaired) electrons. The molecule has 1 aliphatic heterocycles. The Labute approximate surface area is 112 Å². The van der Waals surface area contributed by atoms with Gasteiger partial charge in [-0.2, -0.15) is 0 Å². The van der Waals surface area contributed by atoms with Gasteiger partial charge >= 0.3 is 0 Å². The van der Waals surface area contributed by atoms with Crippen LogP contribution < -0.4 is 0 Å². The van der Waals surface area contributed by atoms with Crippen molar-refractivity contribution in [3.8, 4) is 0 Å². The van der Waals surface area contributed by atoms with Gasteiger partial charge in [-0.05, 0) is 37.1 Å². The highest BCUT2D eigenvalue weighted by Crippen LogP contribution is 2.27. The summed E-state index contributed by atoms with van der Waals surface area (Å²) in [4.78, 5) is 16.8. The van der Waals surface area contributed by atoms with Crippen molar-refractivity contribution < 1.29 is 9.53 Å². The molecule has 2 atom stereocenters. The fraction of sp³-hybridized carbons (Fsp3) is 0.375. The van der Waals surface area contributed by atoms with Crippen molar-refractivity contribution in [1.82, 2.24) is 4.98 Å². The van der Waals surface area contributed by atoms with Crippen molar-refractivity contribution in [1.29, 1.82) is 0 Å². The fourth-order valence-electron chi connectivity index (χ4n) is 2.79. The summed E-state index contributed by atoms with van der Waals surface area (Å²) in [7, 11) is 0. The van der Waals surface area contributed by atoms with Gasteiger partial charge in [0.2, 0.25) is 0 Å². The Morgan fingerprint density at radius 2 is 2.32 bits per heavy atom. The van der Waals surface area contributed by atoms with E-state index in [0.717, 1.165) is 29.3 Å². The maximum Gasteiger partial charge on any atom is 0.168 e. The lowest BCUT2D eigenvalue weighted by atomic mass is 9.90. The number of ether oxygens (including phenoxy) is 1. The number of ketones is 1. The first kappa shape index (κ1) is 12.3. The van der Waals surface area contributed by atoms with Gasteiger partial charge in [0.1, 0.15) is 0 Å².